The summed E-state index contributed by atoms with van der Waals surface area (Å²) in [6.07, 6.45) is 2.49. The highest BCUT2D eigenvalue weighted by Gasteiger charge is 2.03. The molecule has 1 aromatic rings. The Labute approximate surface area is 72.3 Å². The van der Waals surface area contributed by atoms with E-state index in [1.807, 2.05) is 13.8 Å². The third-order valence-corrected chi connectivity index (χ3v) is 1.66. The fourth-order valence-corrected chi connectivity index (χ4v) is 1.08. The van der Waals surface area contributed by atoms with Crippen molar-refractivity contribution in [2.75, 3.05) is 5.73 Å². The van der Waals surface area contributed by atoms with Crippen LogP contribution >= 0.6 is 0 Å². The molecule has 0 radical (unpaired) electrons. The molecule has 1 aromatic heterocycles. The van der Waals surface area contributed by atoms with Crippen molar-refractivity contribution in [1.82, 2.24) is 9.97 Å². The van der Waals surface area contributed by atoms with Crippen LogP contribution in [0, 0.1) is 13.8 Å². The first-order chi connectivity index (χ1) is 5.65. The Morgan fingerprint density at radius 1 is 1.42 bits per heavy atom. The Kier molecular flexibility index (Phi) is 2.43. The first kappa shape index (κ1) is 8.71. The van der Waals surface area contributed by atoms with Crippen LogP contribution in [0.25, 0.3) is 0 Å². The predicted molar refractivity (Wildman–Crippen MR) is 49.8 cm³/mol. The van der Waals surface area contributed by atoms with E-state index in [-0.39, 0.29) is 0 Å². The summed E-state index contributed by atoms with van der Waals surface area (Å²) in [4.78, 5) is 8.36. The zero-order chi connectivity index (χ0) is 9.14. The SMILES string of the molecule is C=CCc1nc(C)nc(C)c1N. The minimum atomic E-state index is 0.681. The van der Waals surface area contributed by atoms with Crippen LogP contribution in [0.3, 0.4) is 0 Å². The minimum absolute atomic E-state index is 0.681. The van der Waals surface area contributed by atoms with E-state index in [0.717, 1.165) is 17.2 Å². The number of nitrogens with zero attached hydrogens (tertiary/aromatic N) is 2. The second kappa shape index (κ2) is 3.34. The monoisotopic (exact) mass is 163 g/mol. The number of allylic oxidation sites excluding steroid dienone is 1. The van der Waals surface area contributed by atoms with Gasteiger partial charge in [0.25, 0.3) is 0 Å². The van der Waals surface area contributed by atoms with Gasteiger partial charge in [-0.2, -0.15) is 0 Å². The number of aryl methyl sites for hydroxylation is 2. The molecule has 0 aliphatic carbocycles. The van der Waals surface area contributed by atoms with Crippen LogP contribution in [0.5, 0.6) is 0 Å². The summed E-state index contributed by atoms with van der Waals surface area (Å²) in [5.41, 5.74) is 8.16. The van der Waals surface area contributed by atoms with Crippen molar-refractivity contribution in [1.29, 1.82) is 0 Å². The summed E-state index contributed by atoms with van der Waals surface area (Å²) in [6.45, 7) is 7.39. The molecule has 0 aromatic carbocycles. The van der Waals surface area contributed by atoms with Crippen LogP contribution in [-0.4, -0.2) is 9.97 Å². The van der Waals surface area contributed by atoms with Crippen molar-refractivity contribution >= 4 is 5.69 Å². The van der Waals surface area contributed by atoms with Gasteiger partial charge < -0.3 is 5.73 Å². The lowest BCUT2D eigenvalue weighted by atomic mass is 10.2. The van der Waals surface area contributed by atoms with Crippen LogP contribution in [0.4, 0.5) is 5.69 Å². The summed E-state index contributed by atoms with van der Waals surface area (Å²) in [7, 11) is 0. The lowest BCUT2D eigenvalue weighted by Gasteiger charge is -2.05. The first-order valence-electron chi connectivity index (χ1n) is 3.85. The van der Waals surface area contributed by atoms with Gasteiger partial charge >= 0.3 is 0 Å². The van der Waals surface area contributed by atoms with E-state index in [0.29, 0.717) is 12.1 Å². The molecule has 0 spiro atoms. The van der Waals surface area contributed by atoms with Crippen molar-refractivity contribution in [3.05, 3.63) is 29.9 Å². The van der Waals surface area contributed by atoms with Gasteiger partial charge in [-0.1, -0.05) is 6.08 Å². The molecule has 0 saturated carbocycles. The van der Waals surface area contributed by atoms with E-state index in [1.165, 1.54) is 0 Å². The zero-order valence-electron chi connectivity index (χ0n) is 7.46. The standard InChI is InChI=1S/C9H13N3/c1-4-5-8-9(10)6(2)11-7(3)12-8/h4H,1,5,10H2,2-3H3. The largest absolute Gasteiger partial charge is 0.396 e. The summed E-state index contributed by atoms with van der Waals surface area (Å²) in [6, 6.07) is 0. The molecule has 0 aliphatic heterocycles. The van der Waals surface area contributed by atoms with Crippen LogP contribution in [0.2, 0.25) is 0 Å². The van der Waals surface area contributed by atoms with Crippen molar-refractivity contribution in [3.8, 4) is 0 Å². The minimum Gasteiger partial charge on any atom is -0.396 e. The van der Waals surface area contributed by atoms with Crippen LogP contribution in [0.1, 0.15) is 17.2 Å². The quantitative estimate of drug-likeness (QED) is 0.670. The Balaban J connectivity index is 3.17. The molecular formula is C9H13N3. The number of hydrogen-bond donors (Lipinski definition) is 1. The molecule has 0 aliphatic rings. The summed E-state index contributed by atoms with van der Waals surface area (Å²) < 4.78 is 0. The number of hydrogen-bond acceptors (Lipinski definition) is 3. The van der Waals surface area contributed by atoms with Crippen LogP contribution < -0.4 is 5.73 Å². The lowest BCUT2D eigenvalue weighted by Crippen LogP contribution is -2.04. The number of rotatable bonds is 2. The van der Waals surface area contributed by atoms with Crippen LogP contribution in [0.15, 0.2) is 12.7 Å². The first-order valence-corrected chi connectivity index (χ1v) is 3.85. The summed E-state index contributed by atoms with van der Waals surface area (Å²) in [5, 5.41) is 0. The Hall–Kier alpha value is -1.38. The average Bonchev–Trinajstić information content (AvgIpc) is 2.00. The lowest BCUT2D eigenvalue weighted by molar-refractivity contribution is 0.959. The van der Waals surface area contributed by atoms with Crippen molar-refractivity contribution in [2.45, 2.75) is 20.3 Å². The second-order valence-electron chi connectivity index (χ2n) is 2.71. The third-order valence-electron chi connectivity index (χ3n) is 1.66. The number of nitrogens with two attached hydrogens (primary N) is 1. The van der Waals surface area contributed by atoms with Gasteiger partial charge in [-0.25, -0.2) is 9.97 Å². The van der Waals surface area contributed by atoms with Crippen molar-refractivity contribution < 1.29 is 0 Å². The molecule has 0 unspecified atom stereocenters. The van der Waals surface area contributed by atoms with Gasteiger partial charge in [0.05, 0.1) is 17.1 Å². The van der Waals surface area contributed by atoms with E-state index in [9.17, 15) is 0 Å². The maximum atomic E-state index is 5.76. The van der Waals surface area contributed by atoms with E-state index in [1.54, 1.807) is 6.08 Å². The molecule has 0 bridgehead atoms. The number of aromatic nitrogens is 2. The van der Waals surface area contributed by atoms with Crippen molar-refractivity contribution in [2.24, 2.45) is 0 Å². The molecule has 0 saturated heterocycles. The number of anilines is 1. The highest BCUT2D eigenvalue weighted by atomic mass is 14.9. The Morgan fingerprint density at radius 3 is 2.67 bits per heavy atom. The molecular weight excluding hydrogens is 150 g/mol. The second-order valence-corrected chi connectivity index (χ2v) is 2.71. The molecule has 2 N–H and O–H groups in total. The van der Waals surface area contributed by atoms with Gasteiger partial charge in [0.2, 0.25) is 0 Å². The summed E-state index contributed by atoms with van der Waals surface area (Å²) in [5.74, 6) is 0.763. The van der Waals surface area contributed by atoms with Gasteiger partial charge in [-0.3, -0.25) is 0 Å². The third kappa shape index (κ3) is 1.61. The normalized spacial score (nSPS) is 9.83. The molecule has 64 valence electrons. The fraction of sp³-hybridized carbons (Fsp3) is 0.333. The average molecular weight is 163 g/mol. The smallest absolute Gasteiger partial charge is 0.125 e. The van der Waals surface area contributed by atoms with Gasteiger partial charge in [0.1, 0.15) is 5.82 Å². The molecule has 0 amide bonds. The van der Waals surface area contributed by atoms with Gasteiger partial charge in [-0.05, 0) is 13.8 Å². The molecule has 3 heteroatoms. The molecule has 0 fully saturated rings. The molecule has 1 heterocycles. The molecule has 3 nitrogen and oxygen atoms in total. The van der Waals surface area contributed by atoms with E-state index in [4.69, 9.17) is 5.73 Å². The van der Waals surface area contributed by atoms with E-state index >= 15 is 0 Å². The van der Waals surface area contributed by atoms with Crippen molar-refractivity contribution in [3.63, 3.8) is 0 Å². The Morgan fingerprint density at radius 2 is 2.08 bits per heavy atom. The fourth-order valence-electron chi connectivity index (χ4n) is 1.08. The van der Waals surface area contributed by atoms with Gasteiger partial charge in [0, 0.05) is 6.42 Å². The van der Waals surface area contributed by atoms with Gasteiger partial charge in [-0.15, -0.1) is 6.58 Å². The van der Waals surface area contributed by atoms with E-state index in [2.05, 4.69) is 16.5 Å². The predicted octanol–water partition coefficient (Wildman–Crippen LogP) is 1.40. The van der Waals surface area contributed by atoms with Gasteiger partial charge in [0.15, 0.2) is 0 Å². The van der Waals surface area contributed by atoms with E-state index < -0.39 is 0 Å². The Bertz CT molecular complexity index is 305. The topological polar surface area (TPSA) is 51.8 Å². The zero-order valence-corrected chi connectivity index (χ0v) is 7.46. The highest BCUT2D eigenvalue weighted by Crippen LogP contribution is 2.13. The molecule has 0 atom stereocenters. The molecule has 1 rings (SSSR count). The maximum absolute atomic E-state index is 5.76. The van der Waals surface area contributed by atoms with Crippen LogP contribution in [-0.2, 0) is 6.42 Å². The molecule has 12 heavy (non-hydrogen) atoms. The maximum Gasteiger partial charge on any atom is 0.125 e. The highest BCUT2D eigenvalue weighted by molar-refractivity contribution is 5.47. The summed E-state index contributed by atoms with van der Waals surface area (Å²) >= 11 is 0. The number of nitrogen functional groups attached to an aromatic ring is 1.